The van der Waals surface area contributed by atoms with Crippen molar-refractivity contribution >= 4 is 5.91 Å². The van der Waals surface area contributed by atoms with E-state index in [0.29, 0.717) is 6.54 Å². The van der Waals surface area contributed by atoms with Crippen molar-refractivity contribution in [1.82, 2.24) is 14.5 Å². The number of nitrogens with zero attached hydrogens (tertiary/aromatic N) is 3. The smallest absolute Gasteiger partial charge is 0.264 e. The van der Waals surface area contributed by atoms with Gasteiger partial charge in [0.2, 0.25) is 0 Å². The zero-order valence-corrected chi connectivity index (χ0v) is 13.6. The minimum atomic E-state index is -1.00. The van der Waals surface area contributed by atoms with Gasteiger partial charge in [-0.25, -0.2) is 13.8 Å². The Labute approximate surface area is 138 Å². The van der Waals surface area contributed by atoms with Gasteiger partial charge in [0.05, 0.1) is 6.54 Å². The maximum atomic E-state index is 13.3. The number of amides is 1. The average Bonchev–Trinajstić information content (AvgIpc) is 3.31. The minimum absolute atomic E-state index is 0.127. The van der Waals surface area contributed by atoms with Gasteiger partial charge in [0.25, 0.3) is 5.91 Å². The van der Waals surface area contributed by atoms with E-state index in [4.69, 9.17) is 4.74 Å². The van der Waals surface area contributed by atoms with E-state index in [-0.39, 0.29) is 17.7 Å². The van der Waals surface area contributed by atoms with Gasteiger partial charge in [-0.1, -0.05) is 0 Å². The van der Waals surface area contributed by atoms with Crippen LogP contribution in [-0.4, -0.2) is 32.5 Å². The summed E-state index contributed by atoms with van der Waals surface area (Å²) in [6.45, 7) is 2.01. The molecule has 1 aliphatic carbocycles. The lowest BCUT2D eigenvalue weighted by atomic mass is 10.3. The van der Waals surface area contributed by atoms with Gasteiger partial charge in [-0.05, 0) is 31.9 Å². The molecule has 1 amide bonds. The van der Waals surface area contributed by atoms with Crippen LogP contribution in [0.1, 0.15) is 25.6 Å². The number of carbonyl (C=O) groups is 1. The van der Waals surface area contributed by atoms with E-state index in [0.717, 1.165) is 30.8 Å². The van der Waals surface area contributed by atoms with Crippen molar-refractivity contribution in [2.45, 2.75) is 38.5 Å². The molecule has 3 rings (SSSR count). The highest BCUT2D eigenvalue weighted by Crippen LogP contribution is 2.29. The SMILES string of the molecule is CC(Oc1ccc(F)c(F)c1)C(=O)N(Cc1nccn1C)C1CC1. The largest absolute Gasteiger partial charge is 0.481 e. The van der Waals surface area contributed by atoms with Gasteiger partial charge in [-0.3, -0.25) is 4.79 Å². The summed E-state index contributed by atoms with van der Waals surface area (Å²) in [5.41, 5.74) is 0. The normalized spacial score (nSPS) is 15.2. The third-order valence-corrected chi connectivity index (χ3v) is 4.06. The fourth-order valence-corrected chi connectivity index (χ4v) is 2.51. The molecule has 1 atom stereocenters. The van der Waals surface area contributed by atoms with E-state index in [1.165, 1.54) is 6.07 Å². The molecule has 1 aliphatic rings. The first-order chi connectivity index (χ1) is 11.5. The van der Waals surface area contributed by atoms with Crippen LogP contribution in [0.3, 0.4) is 0 Å². The number of aromatic nitrogens is 2. The highest BCUT2D eigenvalue weighted by atomic mass is 19.2. The number of aryl methyl sites for hydroxylation is 1. The number of carbonyl (C=O) groups excluding carboxylic acids is 1. The van der Waals surface area contributed by atoms with Crippen molar-refractivity contribution in [3.63, 3.8) is 0 Å². The standard InChI is InChI=1S/C17H19F2N3O2/c1-11(24-13-5-6-14(18)15(19)9-13)17(23)22(12-3-4-12)10-16-20-7-8-21(16)2/h5-9,11-12H,3-4,10H2,1-2H3. The number of benzene rings is 1. The highest BCUT2D eigenvalue weighted by Gasteiger charge is 2.36. The van der Waals surface area contributed by atoms with Crippen molar-refractivity contribution in [3.8, 4) is 5.75 Å². The molecular weight excluding hydrogens is 316 g/mol. The number of halogens is 2. The summed E-state index contributed by atoms with van der Waals surface area (Å²) in [4.78, 5) is 18.7. The van der Waals surface area contributed by atoms with E-state index in [1.54, 1.807) is 18.0 Å². The molecule has 24 heavy (non-hydrogen) atoms. The second-order valence-corrected chi connectivity index (χ2v) is 5.99. The Hall–Kier alpha value is -2.44. The van der Waals surface area contributed by atoms with Gasteiger partial charge in [0, 0.05) is 31.5 Å². The molecule has 1 saturated carbocycles. The van der Waals surface area contributed by atoms with Gasteiger partial charge < -0.3 is 14.2 Å². The summed E-state index contributed by atoms with van der Waals surface area (Å²) in [6.07, 6.45) is 4.62. The summed E-state index contributed by atoms with van der Waals surface area (Å²) in [6, 6.07) is 3.42. The molecule has 1 aromatic carbocycles. The van der Waals surface area contributed by atoms with Crippen LogP contribution in [0, 0.1) is 11.6 Å². The average molecular weight is 335 g/mol. The van der Waals surface area contributed by atoms with Crippen molar-refractivity contribution in [3.05, 3.63) is 48.1 Å². The van der Waals surface area contributed by atoms with E-state index >= 15 is 0 Å². The Morgan fingerprint density at radius 3 is 2.75 bits per heavy atom. The monoisotopic (exact) mass is 335 g/mol. The summed E-state index contributed by atoms with van der Waals surface area (Å²) < 4.78 is 33.6. The van der Waals surface area contributed by atoms with Crippen molar-refractivity contribution < 1.29 is 18.3 Å². The zero-order valence-electron chi connectivity index (χ0n) is 13.6. The molecule has 0 aliphatic heterocycles. The second-order valence-electron chi connectivity index (χ2n) is 5.99. The molecule has 5 nitrogen and oxygen atoms in total. The predicted molar refractivity (Wildman–Crippen MR) is 83.2 cm³/mol. The molecule has 0 bridgehead atoms. The second kappa shape index (κ2) is 6.59. The first kappa shape index (κ1) is 16.4. The van der Waals surface area contributed by atoms with Gasteiger partial charge in [-0.2, -0.15) is 0 Å². The van der Waals surface area contributed by atoms with Gasteiger partial charge in [0.15, 0.2) is 17.7 Å². The molecule has 0 saturated heterocycles. The molecule has 1 unspecified atom stereocenters. The molecule has 1 fully saturated rings. The summed E-state index contributed by atoms with van der Waals surface area (Å²) in [5, 5.41) is 0. The van der Waals surface area contributed by atoms with E-state index in [2.05, 4.69) is 4.98 Å². The maximum absolute atomic E-state index is 13.3. The van der Waals surface area contributed by atoms with Crippen LogP contribution in [0.2, 0.25) is 0 Å². The predicted octanol–water partition coefficient (Wildman–Crippen LogP) is 2.66. The topological polar surface area (TPSA) is 47.4 Å². The molecule has 0 N–H and O–H groups in total. The zero-order chi connectivity index (χ0) is 17.3. The van der Waals surface area contributed by atoms with Crippen LogP contribution >= 0.6 is 0 Å². The van der Waals surface area contributed by atoms with Crippen LogP contribution in [0.25, 0.3) is 0 Å². The van der Waals surface area contributed by atoms with Crippen LogP contribution in [0.15, 0.2) is 30.6 Å². The molecule has 2 aromatic rings. The molecule has 1 aromatic heterocycles. The maximum Gasteiger partial charge on any atom is 0.264 e. The quantitative estimate of drug-likeness (QED) is 0.815. The third kappa shape index (κ3) is 3.55. The van der Waals surface area contributed by atoms with Crippen LogP contribution < -0.4 is 4.74 Å². The van der Waals surface area contributed by atoms with Crippen LogP contribution in [0.4, 0.5) is 8.78 Å². The van der Waals surface area contributed by atoms with Crippen LogP contribution in [-0.2, 0) is 18.4 Å². The molecule has 0 spiro atoms. The Kier molecular flexibility index (Phi) is 4.51. The summed E-state index contributed by atoms with van der Waals surface area (Å²) in [5.74, 6) is -1.22. The number of hydrogen-bond acceptors (Lipinski definition) is 3. The minimum Gasteiger partial charge on any atom is -0.481 e. The van der Waals surface area contributed by atoms with E-state index in [9.17, 15) is 13.6 Å². The fourth-order valence-electron chi connectivity index (χ4n) is 2.51. The Morgan fingerprint density at radius 1 is 1.42 bits per heavy atom. The van der Waals surface area contributed by atoms with Gasteiger partial charge in [0.1, 0.15) is 11.6 Å². The van der Waals surface area contributed by atoms with E-state index in [1.807, 2.05) is 17.8 Å². The Bertz CT molecular complexity index is 743. The molecule has 1 heterocycles. The summed E-state index contributed by atoms with van der Waals surface area (Å²) >= 11 is 0. The van der Waals surface area contributed by atoms with Crippen molar-refractivity contribution in [2.24, 2.45) is 7.05 Å². The first-order valence-electron chi connectivity index (χ1n) is 7.84. The first-order valence-corrected chi connectivity index (χ1v) is 7.84. The molecule has 7 heteroatoms. The van der Waals surface area contributed by atoms with Gasteiger partial charge in [-0.15, -0.1) is 0 Å². The number of rotatable bonds is 6. The number of hydrogen-bond donors (Lipinski definition) is 0. The van der Waals surface area contributed by atoms with E-state index < -0.39 is 17.7 Å². The molecular formula is C17H19F2N3O2. The summed E-state index contributed by atoms with van der Waals surface area (Å²) in [7, 11) is 1.87. The lowest BCUT2D eigenvalue weighted by Crippen LogP contribution is -2.41. The van der Waals surface area contributed by atoms with Gasteiger partial charge >= 0.3 is 0 Å². The number of ether oxygens (including phenoxy) is 1. The molecule has 0 radical (unpaired) electrons. The Morgan fingerprint density at radius 2 is 2.17 bits per heavy atom. The number of imidazole rings is 1. The van der Waals surface area contributed by atoms with Crippen LogP contribution in [0.5, 0.6) is 5.75 Å². The molecule has 128 valence electrons. The lowest BCUT2D eigenvalue weighted by molar-refractivity contribution is -0.139. The Balaban J connectivity index is 1.70. The lowest BCUT2D eigenvalue weighted by Gasteiger charge is -2.26. The third-order valence-electron chi connectivity index (χ3n) is 4.06. The van der Waals surface area contributed by atoms with Crippen molar-refractivity contribution in [2.75, 3.05) is 0 Å². The fraction of sp³-hybridized carbons (Fsp3) is 0.412. The van der Waals surface area contributed by atoms with Crippen molar-refractivity contribution in [1.29, 1.82) is 0 Å². The highest BCUT2D eigenvalue weighted by molar-refractivity contribution is 5.81.